The predicted octanol–water partition coefficient (Wildman–Crippen LogP) is 5.07. The number of hydrogen-bond donors (Lipinski definition) is 2. The van der Waals surface area contributed by atoms with Gasteiger partial charge in [-0.3, -0.25) is 19.6 Å². The van der Waals surface area contributed by atoms with Gasteiger partial charge in [0.1, 0.15) is 11.3 Å². The lowest BCUT2D eigenvalue weighted by Gasteiger charge is -2.16. The van der Waals surface area contributed by atoms with Crippen molar-refractivity contribution in [2.75, 3.05) is 16.8 Å². The predicted molar refractivity (Wildman–Crippen MR) is 139 cm³/mol. The van der Waals surface area contributed by atoms with Crippen LogP contribution < -0.4 is 10.2 Å². The van der Waals surface area contributed by atoms with Gasteiger partial charge in [0.2, 0.25) is 5.91 Å². The lowest BCUT2D eigenvalue weighted by Crippen LogP contribution is -2.23. The first kappa shape index (κ1) is 21.7. The van der Waals surface area contributed by atoms with Crippen LogP contribution in [0.15, 0.2) is 85.6 Å². The highest BCUT2D eigenvalue weighted by Crippen LogP contribution is 2.32. The summed E-state index contributed by atoms with van der Waals surface area (Å²) in [5.41, 5.74) is 6.44. The number of aromatic amines is 1. The molecule has 2 N–H and O–H groups in total. The van der Waals surface area contributed by atoms with Crippen molar-refractivity contribution in [1.29, 1.82) is 0 Å². The number of carbonyl (C=O) groups excluding carboxylic acids is 2. The molecular weight excluding hydrogens is 452 g/mol. The third kappa shape index (κ3) is 4.09. The van der Waals surface area contributed by atoms with Crippen molar-refractivity contribution >= 4 is 34.2 Å². The molecule has 1 aromatic carbocycles. The summed E-state index contributed by atoms with van der Waals surface area (Å²) in [6, 6.07) is 17.3. The van der Waals surface area contributed by atoms with Crippen LogP contribution in [0.4, 0.5) is 11.4 Å². The van der Waals surface area contributed by atoms with Gasteiger partial charge in [-0.05, 0) is 60.0 Å². The minimum Gasteiger partial charge on any atom is -0.335 e. The van der Waals surface area contributed by atoms with E-state index in [0.717, 1.165) is 46.3 Å². The fourth-order valence-electron chi connectivity index (χ4n) is 4.53. The number of benzene rings is 1. The number of fused-ring (bicyclic) bond motifs is 1. The van der Waals surface area contributed by atoms with E-state index in [9.17, 15) is 9.59 Å². The van der Waals surface area contributed by atoms with E-state index in [2.05, 4.69) is 31.3 Å². The molecule has 0 unspecified atom stereocenters. The number of rotatable bonds is 5. The quantitative estimate of drug-likeness (QED) is 0.370. The second-order valence-electron chi connectivity index (χ2n) is 8.65. The lowest BCUT2D eigenvalue weighted by molar-refractivity contribution is -0.117. The van der Waals surface area contributed by atoms with Gasteiger partial charge in [0, 0.05) is 71.8 Å². The topological polar surface area (TPSA) is 104 Å². The highest BCUT2D eigenvalue weighted by molar-refractivity contribution is 6.07. The molecule has 5 aromatic rings. The maximum Gasteiger partial charge on any atom is 0.272 e. The summed E-state index contributed by atoms with van der Waals surface area (Å²) in [7, 11) is 0. The fourth-order valence-corrected chi connectivity index (χ4v) is 4.53. The normalized spacial score (nSPS) is 13.3. The Morgan fingerprint density at radius 3 is 2.47 bits per heavy atom. The number of carbonyl (C=O) groups is 2. The highest BCUT2D eigenvalue weighted by atomic mass is 16.2. The number of nitrogens with zero attached hydrogens (tertiary/aromatic N) is 4. The Kier molecular flexibility index (Phi) is 5.46. The Labute approximate surface area is 207 Å². The van der Waals surface area contributed by atoms with E-state index in [1.165, 1.54) is 0 Å². The molecular formula is C28H22N6O2. The van der Waals surface area contributed by atoms with Gasteiger partial charge >= 0.3 is 0 Å². The Balaban J connectivity index is 1.30. The van der Waals surface area contributed by atoms with Gasteiger partial charge in [0.25, 0.3) is 5.91 Å². The van der Waals surface area contributed by atoms with E-state index in [1.54, 1.807) is 36.9 Å². The molecule has 1 aliphatic heterocycles. The highest BCUT2D eigenvalue weighted by Gasteiger charge is 2.21. The molecule has 8 heteroatoms. The summed E-state index contributed by atoms with van der Waals surface area (Å²) in [5.74, 6) is -0.0814. The van der Waals surface area contributed by atoms with Crippen molar-refractivity contribution in [1.82, 2.24) is 19.9 Å². The van der Waals surface area contributed by atoms with Crippen LogP contribution in [0.5, 0.6) is 0 Å². The maximum absolute atomic E-state index is 12.8. The number of amides is 2. The monoisotopic (exact) mass is 474 g/mol. The standard InChI is InChI=1S/C28H22N6O2/c35-26-2-1-13-34(26)22-5-3-18(4-6-22)19-14-20(17-30-16-19)23-9-12-31-27-24(23)15-25(33-27)28(36)32-21-7-10-29-11-8-21/h3-12,14-17H,1-2,13H2,(H,31,33)(H,29,32,36). The van der Waals surface area contributed by atoms with Gasteiger partial charge in [-0.25, -0.2) is 4.98 Å². The van der Waals surface area contributed by atoms with Crippen molar-refractivity contribution in [3.8, 4) is 22.3 Å². The number of H-pyrrole nitrogens is 1. The molecule has 36 heavy (non-hydrogen) atoms. The zero-order chi connectivity index (χ0) is 24.5. The van der Waals surface area contributed by atoms with Gasteiger partial charge in [-0.1, -0.05) is 12.1 Å². The van der Waals surface area contributed by atoms with E-state index >= 15 is 0 Å². The summed E-state index contributed by atoms with van der Waals surface area (Å²) in [6.45, 7) is 0.770. The van der Waals surface area contributed by atoms with Gasteiger partial charge in [-0.2, -0.15) is 0 Å². The van der Waals surface area contributed by atoms with Crippen LogP contribution in [0, 0.1) is 0 Å². The van der Waals surface area contributed by atoms with Gasteiger partial charge in [-0.15, -0.1) is 0 Å². The first-order valence-corrected chi connectivity index (χ1v) is 11.7. The van der Waals surface area contributed by atoms with Gasteiger partial charge in [0.15, 0.2) is 0 Å². The molecule has 2 amide bonds. The molecule has 5 heterocycles. The zero-order valence-electron chi connectivity index (χ0n) is 19.3. The van der Waals surface area contributed by atoms with Crippen LogP contribution in [0.1, 0.15) is 23.3 Å². The van der Waals surface area contributed by atoms with Crippen LogP contribution in [0.3, 0.4) is 0 Å². The Morgan fingerprint density at radius 2 is 1.69 bits per heavy atom. The Morgan fingerprint density at radius 1 is 0.889 bits per heavy atom. The molecule has 4 aromatic heterocycles. The van der Waals surface area contributed by atoms with Crippen molar-refractivity contribution in [2.45, 2.75) is 12.8 Å². The smallest absolute Gasteiger partial charge is 0.272 e. The summed E-state index contributed by atoms with van der Waals surface area (Å²) in [6.07, 6.45) is 10.1. The number of anilines is 2. The zero-order valence-corrected chi connectivity index (χ0v) is 19.3. The summed E-state index contributed by atoms with van der Waals surface area (Å²) in [4.78, 5) is 42.6. The molecule has 0 aliphatic carbocycles. The number of pyridine rings is 3. The Bertz CT molecular complexity index is 1580. The second kappa shape index (κ2) is 9.07. The van der Waals surface area contributed by atoms with E-state index in [-0.39, 0.29) is 11.8 Å². The first-order chi connectivity index (χ1) is 17.7. The molecule has 8 nitrogen and oxygen atoms in total. The third-order valence-corrected chi connectivity index (χ3v) is 6.35. The molecule has 0 atom stereocenters. The molecule has 0 bridgehead atoms. The molecule has 1 fully saturated rings. The summed E-state index contributed by atoms with van der Waals surface area (Å²) < 4.78 is 0. The summed E-state index contributed by atoms with van der Waals surface area (Å²) in [5, 5.41) is 3.69. The molecule has 1 saturated heterocycles. The number of nitrogens with one attached hydrogen (secondary N) is 2. The SMILES string of the molecule is O=C(Nc1ccncc1)c1cc2c(-c3cncc(-c4ccc(N5CCCC5=O)cc4)c3)ccnc2[nH]1. The van der Waals surface area contributed by atoms with Crippen molar-refractivity contribution in [3.05, 3.63) is 91.3 Å². The van der Waals surface area contributed by atoms with Crippen LogP contribution in [-0.4, -0.2) is 38.3 Å². The first-order valence-electron chi connectivity index (χ1n) is 11.7. The minimum atomic E-state index is -0.256. The number of hydrogen-bond acceptors (Lipinski definition) is 5. The van der Waals surface area contributed by atoms with E-state index in [4.69, 9.17) is 0 Å². The van der Waals surface area contributed by atoms with Crippen molar-refractivity contribution in [3.63, 3.8) is 0 Å². The van der Waals surface area contributed by atoms with Gasteiger partial charge < -0.3 is 15.2 Å². The third-order valence-electron chi connectivity index (χ3n) is 6.35. The van der Waals surface area contributed by atoms with Crippen LogP contribution >= 0.6 is 0 Å². The van der Waals surface area contributed by atoms with Crippen molar-refractivity contribution < 1.29 is 9.59 Å². The van der Waals surface area contributed by atoms with Crippen LogP contribution in [-0.2, 0) is 4.79 Å². The minimum absolute atomic E-state index is 0.174. The fraction of sp³-hybridized carbons (Fsp3) is 0.107. The molecule has 176 valence electrons. The van der Waals surface area contributed by atoms with E-state index < -0.39 is 0 Å². The molecule has 6 rings (SSSR count). The Hall–Kier alpha value is -4.85. The van der Waals surface area contributed by atoms with E-state index in [1.807, 2.05) is 47.5 Å². The average Bonchev–Trinajstić information content (AvgIpc) is 3.56. The molecule has 0 saturated carbocycles. The molecule has 0 radical (unpaired) electrons. The van der Waals surface area contributed by atoms with Crippen LogP contribution in [0.25, 0.3) is 33.3 Å². The molecule has 0 spiro atoms. The average molecular weight is 475 g/mol. The lowest BCUT2D eigenvalue weighted by atomic mass is 10.0. The van der Waals surface area contributed by atoms with E-state index in [0.29, 0.717) is 23.4 Å². The molecule has 1 aliphatic rings. The van der Waals surface area contributed by atoms with Crippen LogP contribution in [0.2, 0.25) is 0 Å². The summed E-state index contributed by atoms with van der Waals surface area (Å²) >= 11 is 0. The largest absolute Gasteiger partial charge is 0.335 e. The second-order valence-corrected chi connectivity index (χ2v) is 8.65. The number of aromatic nitrogens is 4. The van der Waals surface area contributed by atoms with Crippen molar-refractivity contribution in [2.24, 2.45) is 0 Å². The maximum atomic E-state index is 12.8. The van der Waals surface area contributed by atoms with Gasteiger partial charge in [0.05, 0.1) is 0 Å².